The molecular formula is C15H23F2N. The quantitative estimate of drug-likeness (QED) is 0.848. The third kappa shape index (κ3) is 2.72. The maximum Gasteiger partial charge on any atom is 0.288 e. The van der Waals surface area contributed by atoms with Crippen LogP contribution in [0.5, 0.6) is 0 Å². The van der Waals surface area contributed by atoms with Gasteiger partial charge in [0, 0.05) is 5.56 Å². The van der Waals surface area contributed by atoms with E-state index in [0.29, 0.717) is 11.1 Å². The topological polar surface area (TPSA) is 26.0 Å². The molecule has 1 aromatic carbocycles. The average molecular weight is 255 g/mol. The Bertz CT molecular complexity index is 419. The normalized spacial score (nSPS) is 14.7. The number of aryl methyl sites for hydroxylation is 2. The van der Waals surface area contributed by atoms with Gasteiger partial charge in [0.1, 0.15) is 0 Å². The zero-order chi connectivity index (χ0) is 14.3. The molecule has 0 bridgehead atoms. The Morgan fingerprint density at radius 3 is 1.72 bits per heavy atom. The van der Waals surface area contributed by atoms with Gasteiger partial charge in [-0.1, -0.05) is 32.9 Å². The van der Waals surface area contributed by atoms with Crippen molar-refractivity contribution in [1.29, 1.82) is 0 Å². The molecule has 0 fully saturated rings. The minimum atomic E-state index is -2.98. The molecule has 3 heteroatoms. The SMILES string of the molecule is Cc1cc(C(C)(C)C)cc(C)c1C(F)(F)C(C)N. The highest BCUT2D eigenvalue weighted by Gasteiger charge is 2.39. The first-order chi connectivity index (χ1) is 7.98. The van der Waals surface area contributed by atoms with Crippen LogP contribution in [0.2, 0.25) is 0 Å². The summed E-state index contributed by atoms with van der Waals surface area (Å²) in [4.78, 5) is 0. The molecule has 0 saturated carbocycles. The first-order valence-electron chi connectivity index (χ1n) is 6.23. The summed E-state index contributed by atoms with van der Waals surface area (Å²) in [7, 11) is 0. The number of nitrogens with two attached hydrogens (primary N) is 1. The second kappa shape index (κ2) is 4.61. The van der Waals surface area contributed by atoms with Crippen LogP contribution in [0.4, 0.5) is 8.78 Å². The van der Waals surface area contributed by atoms with Crippen LogP contribution in [0, 0.1) is 13.8 Å². The highest BCUT2D eigenvalue weighted by molar-refractivity contribution is 5.43. The predicted molar refractivity (Wildman–Crippen MR) is 72.2 cm³/mol. The predicted octanol–water partition coefficient (Wildman–Crippen LogP) is 4.04. The fourth-order valence-electron chi connectivity index (χ4n) is 2.15. The fraction of sp³-hybridized carbons (Fsp3) is 0.600. The standard InChI is InChI=1S/C15H23F2N/c1-9-7-12(14(4,5)6)8-10(2)13(9)15(16,17)11(3)18/h7-8,11H,18H2,1-6H3. The molecule has 1 unspecified atom stereocenters. The minimum absolute atomic E-state index is 0.0440. The smallest absolute Gasteiger partial charge is 0.288 e. The summed E-state index contributed by atoms with van der Waals surface area (Å²) in [5, 5.41) is 0. The van der Waals surface area contributed by atoms with Crippen LogP contribution in [0.1, 0.15) is 49.9 Å². The van der Waals surface area contributed by atoms with Crippen LogP contribution in [-0.2, 0) is 11.3 Å². The van der Waals surface area contributed by atoms with Crippen molar-refractivity contribution in [3.8, 4) is 0 Å². The van der Waals surface area contributed by atoms with Gasteiger partial charge >= 0.3 is 0 Å². The third-order valence-electron chi connectivity index (χ3n) is 3.30. The number of rotatable bonds is 2. The molecular weight excluding hydrogens is 232 g/mol. The summed E-state index contributed by atoms with van der Waals surface area (Å²) in [6.07, 6.45) is 0. The van der Waals surface area contributed by atoms with Crippen molar-refractivity contribution in [2.45, 2.75) is 58.9 Å². The van der Waals surface area contributed by atoms with Crippen molar-refractivity contribution in [1.82, 2.24) is 0 Å². The lowest BCUT2D eigenvalue weighted by molar-refractivity contribution is -0.0268. The van der Waals surface area contributed by atoms with E-state index in [-0.39, 0.29) is 11.0 Å². The Labute approximate surface area is 108 Å². The molecule has 1 aromatic rings. The van der Waals surface area contributed by atoms with E-state index < -0.39 is 12.0 Å². The highest BCUT2D eigenvalue weighted by Crippen LogP contribution is 2.37. The van der Waals surface area contributed by atoms with E-state index in [0.717, 1.165) is 5.56 Å². The lowest BCUT2D eigenvalue weighted by Gasteiger charge is -2.27. The lowest BCUT2D eigenvalue weighted by atomic mass is 9.82. The Kier molecular flexibility index (Phi) is 3.87. The van der Waals surface area contributed by atoms with Crippen molar-refractivity contribution in [2.75, 3.05) is 0 Å². The molecule has 1 nitrogen and oxygen atoms in total. The average Bonchev–Trinajstić information content (AvgIpc) is 2.13. The van der Waals surface area contributed by atoms with Gasteiger partial charge in [-0.2, -0.15) is 8.78 Å². The third-order valence-corrected chi connectivity index (χ3v) is 3.30. The first kappa shape index (κ1) is 15.1. The number of halogens is 2. The molecule has 102 valence electrons. The molecule has 1 atom stereocenters. The monoisotopic (exact) mass is 255 g/mol. The molecule has 0 aliphatic heterocycles. The summed E-state index contributed by atoms with van der Waals surface area (Å²) in [6, 6.07) is 2.51. The van der Waals surface area contributed by atoms with E-state index in [4.69, 9.17) is 5.73 Å². The van der Waals surface area contributed by atoms with E-state index in [9.17, 15) is 8.78 Å². The maximum absolute atomic E-state index is 14.1. The number of benzene rings is 1. The van der Waals surface area contributed by atoms with Gasteiger partial charge in [0.2, 0.25) is 0 Å². The molecule has 1 rings (SSSR count). The van der Waals surface area contributed by atoms with Crippen LogP contribution in [0.15, 0.2) is 12.1 Å². The molecule has 0 heterocycles. The van der Waals surface area contributed by atoms with Gasteiger partial charge in [0.25, 0.3) is 5.92 Å². The van der Waals surface area contributed by atoms with Crippen molar-refractivity contribution < 1.29 is 8.78 Å². The maximum atomic E-state index is 14.1. The van der Waals surface area contributed by atoms with E-state index in [1.54, 1.807) is 13.8 Å². The molecule has 18 heavy (non-hydrogen) atoms. The van der Waals surface area contributed by atoms with E-state index in [1.165, 1.54) is 6.92 Å². The van der Waals surface area contributed by atoms with E-state index >= 15 is 0 Å². The summed E-state index contributed by atoms with van der Waals surface area (Å²) < 4.78 is 28.2. The van der Waals surface area contributed by atoms with Gasteiger partial charge in [-0.15, -0.1) is 0 Å². The second-order valence-corrected chi connectivity index (χ2v) is 6.15. The first-order valence-corrected chi connectivity index (χ1v) is 6.23. The molecule has 0 radical (unpaired) electrons. The Balaban J connectivity index is 3.43. The fourth-order valence-corrected chi connectivity index (χ4v) is 2.15. The van der Waals surface area contributed by atoms with Gasteiger partial charge in [0.15, 0.2) is 0 Å². The molecule has 0 aromatic heterocycles. The highest BCUT2D eigenvalue weighted by atomic mass is 19.3. The second-order valence-electron chi connectivity index (χ2n) is 6.15. The largest absolute Gasteiger partial charge is 0.323 e. The van der Waals surface area contributed by atoms with Crippen LogP contribution in [0.25, 0.3) is 0 Å². The summed E-state index contributed by atoms with van der Waals surface area (Å²) >= 11 is 0. The van der Waals surface area contributed by atoms with E-state index in [1.807, 2.05) is 12.1 Å². The molecule has 0 spiro atoms. The van der Waals surface area contributed by atoms with Crippen LogP contribution in [-0.4, -0.2) is 6.04 Å². The summed E-state index contributed by atoms with van der Waals surface area (Å²) in [5.74, 6) is -2.98. The van der Waals surface area contributed by atoms with Crippen LogP contribution in [0.3, 0.4) is 0 Å². The zero-order valence-corrected chi connectivity index (χ0v) is 12.1. The summed E-state index contributed by atoms with van der Waals surface area (Å²) in [5.41, 5.74) is 7.74. The van der Waals surface area contributed by atoms with Gasteiger partial charge < -0.3 is 5.73 Å². The lowest BCUT2D eigenvalue weighted by Crippen LogP contribution is -2.37. The summed E-state index contributed by atoms with van der Waals surface area (Å²) in [6.45, 7) is 11.0. The zero-order valence-electron chi connectivity index (χ0n) is 12.1. The molecule has 2 N–H and O–H groups in total. The van der Waals surface area contributed by atoms with Crippen LogP contribution >= 0.6 is 0 Å². The van der Waals surface area contributed by atoms with Gasteiger partial charge in [-0.25, -0.2) is 0 Å². The molecule has 0 saturated heterocycles. The van der Waals surface area contributed by atoms with Crippen molar-refractivity contribution in [3.63, 3.8) is 0 Å². The molecule has 0 amide bonds. The Morgan fingerprint density at radius 2 is 1.44 bits per heavy atom. The molecule has 0 aliphatic carbocycles. The van der Waals surface area contributed by atoms with Gasteiger partial charge in [-0.3, -0.25) is 0 Å². The minimum Gasteiger partial charge on any atom is -0.323 e. The molecule has 0 aliphatic rings. The van der Waals surface area contributed by atoms with Gasteiger partial charge in [0.05, 0.1) is 6.04 Å². The number of hydrogen-bond donors (Lipinski definition) is 1. The Morgan fingerprint density at radius 1 is 1.06 bits per heavy atom. The Hall–Kier alpha value is -0.960. The number of hydrogen-bond acceptors (Lipinski definition) is 1. The van der Waals surface area contributed by atoms with E-state index in [2.05, 4.69) is 20.8 Å². The van der Waals surface area contributed by atoms with Crippen molar-refractivity contribution >= 4 is 0 Å². The van der Waals surface area contributed by atoms with Crippen molar-refractivity contribution in [3.05, 3.63) is 34.4 Å². The van der Waals surface area contributed by atoms with Crippen molar-refractivity contribution in [2.24, 2.45) is 5.73 Å². The number of alkyl halides is 2. The van der Waals surface area contributed by atoms with Crippen LogP contribution < -0.4 is 5.73 Å². The van der Waals surface area contributed by atoms with Gasteiger partial charge in [-0.05, 0) is 42.9 Å².